The van der Waals surface area contributed by atoms with Gasteiger partial charge in [0.05, 0.1) is 10.7 Å². The molecule has 18 heavy (non-hydrogen) atoms. The number of carbonyl (C=O) groups excluding carboxylic acids is 1. The number of nitrogen functional groups attached to an aromatic ring is 1. The fourth-order valence-corrected chi connectivity index (χ4v) is 1.78. The van der Waals surface area contributed by atoms with Crippen molar-refractivity contribution in [3.63, 3.8) is 0 Å². The van der Waals surface area contributed by atoms with Crippen molar-refractivity contribution in [1.29, 1.82) is 0 Å². The molecule has 2 rings (SSSR count). The van der Waals surface area contributed by atoms with Crippen molar-refractivity contribution >= 4 is 40.5 Å². The minimum absolute atomic E-state index is 0.256. The third-order valence-corrected chi connectivity index (χ3v) is 2.75. The summed E-state index contributed by atoms with van der Waals surface area (Å²) >= 11 is 11.7. The summed E-state index contributed by atoms with van der Waals surface area (Å²) in [6.45, 7) is 0. The van der Waals surface area contributed by atoms with E-state index in [4.69, 9.17) is 28.9 Å². The van der Waals surface area contributed by atoms with Crippen LogP contribution in [0.25, 0.3) is 0 Å². The van der Waals surface area contributed by atoms with Gasteiger partial charge in [0, 0.05) is 17.4 Å². The summed E-state index contributed by atoms with van der Waals surface area (Å²) in [6, 6.07) is 7.89. The maximum Gasteiger partial charge on any atom is 0.255 e. The lowest BCUT2D eigenvalue weighted by Gasteiger charge is -2.07. The lowest BCUT2D eigenvalue weighted by molar-refractivity contribution is 0.102. The zero-order valence-electron chi connectivity index (χ0n) is 9.15. The molecule has 1 aromatic carbocycles. The number of rotatable bonds is 2. The van der Waals surface area contributed by atoms with E-state index in [0.29, 0.717) is 22.0 Å². The highest BCUT2D eigenvalue weighted by Crippen LogP contribution is 2.24. The van der Waals surface area contributed by atoms with Crippen molar-refractivity contribution in [1.82, 2.24) is 4.98 Å². The molecule has 1 amide bonds. The number of nitrogens with zero attached hydrogens (tertiary/aromatic N) is 1. The van der Waals surface area contributed by atoms with E-state index in [-0.39, 0.29) is 11.1 Å². The lowest BCUT2D eigenvalue weighted by Crippen LogP contribution is -2.12. The lowest BCUT2D eigenvalue weighted by atomic mass is 10.2. The molecule has 0 fully saturated rings. The molecule has 0 aliphatic heterocycles. The van der Waals surface area contributed by atoms with Gasteiger partial charge in [0.2, 0.25) is 0 Å². The predicted octanol–water partition coefficient (Wildman–Crippen LogP) is 3.22. The molecular formula is C12H9Cl2N3O. The fraction of sp³-hybridized carbons (Fsp3) is 0. The van der Waals surface area contributed by atoms with Crippen LogP contribution in [-0.2, 0) is 0 Å². The number of hydrogen-bond donors (Lipinski definition) is 2. The summed E-state index contributed by atoms with van der Waals surface area (Å²) in [5, 5.41) is 3.30. The summed E-state index contributed by atoms with van der Waals surface area (Å²) in [4.78, 5) is 15.7. The molecule has 0 aliphatic carbocycles. The zero-order valence-corrected chi connectivity index (χ0v) is 10.7. The summed E-state index contributed by atoms with van der Waals surface area (Å²) in [7, 11) is 0. The molecule has 2 aromatic rings. The minimum Gasteiger partial charge on any atom is -0.399 e. The number of amides is 1. The average molecular weight is 282 g/mol. The number of nitrogens with two attached hydrogens (primary N) is 1. The highest BCUT2D eigenvalue weighted by molar-refractivity contribution is 6.34. The molecule has 1 heterocycles. The van der Waals surface area contributed by atoms with Gasteiger partial charge < -0.3 is 11.1 Å². The third-order valence-electron chi connectivity index (χ3n) is 2.23. The Morgan fingerprint density at radius 1 is 1.22 bits per heavy atom. The average Bonchev–Trinajstić information content (AvgIpc) is 2.32. The van der Waals surface area contributed by atoms with Gasteiger partial charge in [0.1, 0.15) is 5.15 Å². The van der Waals surface area contributed by atoms with Crippen LogP contribution in [0.2, 0.25) is 10.2 Å². The Labute approximate surface area is 114 Å². The Balaban J connectivity index is 2.21. The number of anilines is 2. The zero-order chi connectivity index (χ0) is 13.1. The summed E-state index contributed by atoms with van der Waals surface area (Å²) in [5.41, 5.74) is 6.99. The number of nitrogens with one attached hydrogen (secondary N) is 1. The van der Waals surface area contributed by atoms with E-state index >= 15 is 0 Å². The van der Waals surface area contributed by atoms with Crippen molar-refractivity contribution in [3.05, 3.63) is 52.3 Å². The number of carbonyl (C=O) groups is 1. The molecule has 4 nitrogen and oxygen atoms in total. The standard InChI is InChI=1S/C12H9Cl2N3O/c13-9-6-8(15)1-2-10(9)17-12(18)7-3-4-16-11(14)5-7/h1-6H,15H2,(H,17,18). The van der Waals surface area contributed by atoms with Crippen LogP contribution < -0.4 is 11.1 Å². The van der Waals surface area contributed by atoms with E-state index in [1.165, 1.54) is 12.3 Å². The van der Waals surface area contributed by atoms with Crippen LogP contribution in [0.1, 0.15) is 10.4 Å². The second kappa shape index (κ2) is 5.25. The molecule has 1 aromatic heterocycles. The fourth-order valence-electron chi connectivity index (χ4n) is 1.37. The van der Waals surface area contributed by atoms with Gasteiger partial charge in [-0.15, -0.1) is 0 Å². The monoisotopic (exact) mass is 281 g/mol. The van der Waals surface area contributed by atoms with Gasteiger partial charge in [0.25, 0.3) is 5.91 Å². The molecule has 0 aliphatic rings. The van der Waals surface area contributed by atoms with E-state index in [2.05, 4.69) is 10.3 Å². The van der Waals surface area contributed by atoms with Gasteiger partial charge in [-0.1, -0.05) is 23.2 Å². The van der Waals surface area contributed by atoms with E-state index in [9.17, 15) is 4.79 Å². The highest BCUT2D eigenvalue weighted by Gasteiger charge is 2.09. The van der Waals surface area contributed by atoms with Gasteiger partial charge in [0.15, 0.2) is 0 Å². The topological polar surface area (TPSA) is 68.0 Å². The number of benzene rings is 1. The first kappa shape index (κ1) is 12.7. The molecule has 0 saturated heterocycles. The van der Waals surface area contributed by atoms with E-state index in [0.717, 1.165) is 0 Å². The first-order valence-corrected chi connectivity index (χ1v) is 5.80. The van der Waals surface area contributed by atoms with Crippen LogP contribution in [0, 0.1) is 0 Å². The number of aromatic nitrogens is 1. The molecule has 3 N–H and O–H groups in total. The second-order valence-corrected chi connectivity index (χ2v) is 4.36. The normalized spacial score (nSPS) is 10.1. The minimum atomic E-state index is -0.314. The van der Waals surface area contributed by atoms with Gasteiger partial charge in [-0.2, -0.15) is 0 Å². The van der Waals surface area contributed by atoms with Crippen LogP contribution in [0.4, 0.5) is 11.4 Å². The SMILES string of the molecule is Nc1ccc(NC(=O)c2ccnc(Cl)c2)c(Cl)c1. The van der Waals surface area contributed by atoms with E-state index < -0.39 is 0 Å². The summed E-state index contributed by atoms with van der Waals surface area (Å²) in [5.74, 6) is -0.314. The predicted molar refractivity (Wildman–Crippen MR) is 73.1 cm³/mol. The number of halogens is 2. The second-order valence-electron chi connectivity index (χ2n) is 3.56. The van der Waals surface area contributed by atoms with Gasteiger partial charge >= 0.3 is 0 Å². The Hall–Kier alpha value is -1.78. The van der Waals surface area contributed by atoms with Crippen molar-refractivity contribution in [2.45, 2.75) is 0 Å². The molecule has 0 bridgehead atoms. The molecule has 0 atom stereocenters. The Kier molecular flexibility index (Phi) is 3.69. The van der Waals surface area contributed by atoms with Crippen LogP contribution in [0.5, 0.6) is 0 Å². The quantitative estimate of drug-likeness (QED) is 0.656. The van der Waals surface area contributed by atoms with E-state index in [1.807, 2.05) is 0 Å². The first-order valence-electron chi connectivity index (χ1n) is 5.04. The summed E-state index contributed by atoms with van der Waals surface area (Å²) < 4.78 is 0. The van der Waals surface area contributed by atoms with Crippen molar-refractivity contribution < 1.29 is 4.79 Å². The van der Waals surface area contributed by atoms with Gasteiger partial charge in [-0.25, -0.2) is 4.98 Å². The molecule has 6 heteroatoms. The van der Waals surface area contributed by atoms with Crippen molar-refractivity contribution in [3.8, 4) is 0 Å². The molecule has 0 saturated carbocycles. The molecule has 92 valence electrons. The van der Waals surface area contributed by atoms with Crippen LogP contribution in [0.15, 0.2) is 36.5 Å². The molecule has 0 unspecified atom stereocenters. The highest BCUT2D eigenvalue weighted by atomic mass is 35.5. The number of hydrogen-bond acceptors (Lipinski definition) is 3. The van der Waals surface area contributed by atoms with Gasteiger partial charge in [-0.3, -0.25) is 4.79 Å². The largest absolute Gasteiger partial charge is 0.399 e. The first-order chi connectivity index (χ1) is 8.56. The van der Waals surface area contributed by atoms with Crippen molar-refractivity contribution in [2.75, 3.05) is 11.1 Å². The smallest absolute Gasteiger partial charge is 0.255 e. The van der Waals surface area contributed by atoms with Gasteiger partial charge in [-0.05, 0) is 30.3 Å². The maximum atomic E-state index is 11.9. The molecular weight excluding hydrogens is 273 g/mol. The summed E-state index contributed by atoms with van der Waals surface area (Å²) in [6.07, 6.45) is 1.46. The Bertz CT molecular complexity index is 602. The molecule has 0 radical (unpaired) electrons. The van der Waals surface area contributed by atoms with Crippen LogP contribution >= 0.6 is 23.2 Å². The number of pyridine rings is 1. The van der Waals surface area contributed by atoms with Crippen molar-refractivity contribution in [2.24, 2.45) is 0 Å². The Morgan fingerprint density at radius 2 is 2.00 bits per heavy atom. The molecule has 0 spiro atoms. The third kappa shape index (κ3) is 2.91. The maximum absolute atomic E-state index is 11.9. The van der Waals surface area contributed by atoms with E-state index in [1.54, 1.807) is 24.3 Å². The van der Waals surface area contributed by atoms with Crippen LogP contribution in [0.3, 0.4) is 0 Å². The Morgan fingerprint density at radius 3 is 2.67 bits per heavy atom. The van der Waals surface area contributed by atoms with Crippen LogP contribution in [-0.4, -0.2) is 10.9 Å².